The molecule has 5 nitrogen and oxygen atoms in total. The predicted octanol–water partition coefficient (Wildman–Crippen LogP) is 3.33. The maximum absolute atomic E-state index is 12.3. The number of benzene rings is 1. The van der Waals surface area contributed by atoms with Gasteiger partial charge in [0.05, 0.1) is 25.8 Å². The van der Waals surface area contributed by atoms with E-state index in [9.17, 15) is 4.79 Å². The predicted molar refractivity (Wildman–Crippen MR) is 98.4 cm³/mol. The van der Waals surface area contributed by atoms with E-state index >= 15 is 0 Å². The first kappa shape index (κ1) is 18.3. The Morgan fingerprint density at radius 2 is 1.88 bits per heavy atom. The zero-order chi connectivity index (χ0) is 18.0. The van der Waals surface area contributed by atoms with Gasteiger partial charge >= 0.3 is 0 Å². The Labute approximate surface area is 154 Å². The molecule has 0 bridgehead atoms. The normalized spacial score (nSPS) is 20.8. The summed E-state index contributed by atoms with van der Waals surface area (Å²) in [5.74, 6) is 1.35. The van der Waals surface area contributed by atoms with Crippen LogP contribution in [0.5, 0.6) is 11.5 Å². The number of nitrogens with zero attached hydrogens (tertiary/aromatic N) is 2. The maximum atomic E-state index is 12.3. The van der Waals surface area contributed by atoms with Crippen LogP contribution in [0, 0.1) is 0 Å². The van der Waals surface area contributed by atoms with Crippen molar-refractivity contribution in [2.45, 2.75) is 44.2 Å². The third-order valence-corrected chi connectivity index (χ3v) is 6.08. The molecule has 1 aromatic rings. The number of hydrogen-bond acceptors (Lipinski definition) is 4. The molecule has 1 spiro atoms. The third-order valence-electron chi connectivity index (χ3n) is 5.66. The van der Waals surface area contributed by atoms with Gasteiger partial charge in [-0.1, -0.05) is 36.9 Å². The molecule has 138 valence electrons. The average Bonchev–Trinajstić information content (AvgIpc) is 2.61. The molecule has 1 aromatic carbocycles. The molecule has 0 atom stereocenters. The number of carbonyl (C=O) groups excluding carboxylic acids is 1. The molecule has 0 aromatic heterocycles. The van der Waals surface area contributed by atoms with E-state index < -0.39 is 0 Å². The number of rotatable bonds is 4. The quantitative estimate of drug-likeness (QED) is 0.819. The highest BCUT2D eigenvalue weighted by atomic mass is 35.5. The molecule has 2 aliphatic rings. The minimum atomic E-state index is 0.0669. The van der Waals surface area contributed by atoms with Crippen molar-refractivity contribution in [3.63, 3.8) is 0 Å². The van der Waals surface area contributed by atoms with E-state index in [1.54, 1.807) is 14.2 Å². The fourth-order valence-electron chi connectivity index (χ4n) is 4.25. The highest BCUT2D eigenvalue weighted by Gasteiger charge is 2.44. The van der Waals surface area contributed by atoms with Crippen LogP contribution in [0.25, 0.3) is 0 Å². The molecule has 1 amide bonds. The highest BCUT2D eigenvalue weighted by Crippen LogP contribution is 2.41. The van der Waals surface area contributed by atoms with E-state index in [1.807, 2.05) is 24.1 Å². The molecule has 0 N–H and O–H groups in total. The fourth-order valence-corrected chi connectivity index (χ4v) is 4.54. The van der Waals surface area contributed by atoms with Crippen LogP contribution in [0.3, 0.4) is 0 Å². The number of amides is 1. The second-order valence-corrected chi connectivity index (χ2v) is 7.54. The molecule has 1 aliphatic heterocycles. The van der Waals surface area contributed by atoms with E-state index in [2.05, 4.69) is 4.90 Å². The van der Waals surface area contributed by atoms with Crippen molar-refractivity contribution in [1.29, 1.82) is 0 Å². The van der Waals surface area contributed by atoms with Crippen LogP contribution >= 0.6 is 11.6 Å². The van der Waals surface area contributed by atoms with Gasteiger partial charge in [-0.2, -0.15) is 0 Å². The Morgan fingerprint density at radius 1 is 1.16 bits per heavy atom. The number of ether oxygens (including phenoxy) is 2. The maximum Gasteiger partial charge on any atom is 0.236 e. The largest absolute Gasteiger partial charge is 0.493 e. The number of methoxy groups -OCH3 is 2. The Morgan fingerprint density at radius 3 is 2.52 bits per heavy atom. The number of likely N-dealkylation sites (N-methyl/N-ethyl adjacent to an activating group) is 1. The Hall–Kier alpha value is -1.46. The second kappa shape index (κ2) is 7.42. The van der Waals surface area contributed by atoms with Crippen LogP contribution in [0.1, 0.15) is 37.7 Å². The van der Waals surface area contributed by atoms with Crippen molar-refractivity contribution in [1.82, 2.24) is 9.80 Å². The second-order valence-electron chi connectivity index (χ2n) is 7.17. The molecular formula is C19H27ClN2O3. The molecule has 1 saturated carbocycles. The van der Waals surface area contributed by atoms with Gasteiger partial charge in [0, 0.05) is 25.7 Å². The number of hydrogen-bond donors (Lipinski definition) is 0. The lowest BCUT2D eigenvalue weighted by Crippen LogP contribution is -2.63. The molecule has 6 heteroatoms. The first-order chi connectivity index (χ1) is 12.0. The van der Waals surface area contributed by atoms with Gasteiger partial charge < -0.3 is 14.4 Å². The van der Waals surface area contributed by atoms with Crippen molar-refractivity contribution < 1.29 is 14.3 Å². The SMILES string of the molecule is COc1ccc(CN2CC(=O)N(C)CC23CCCCC3)c(Cl)c1OC. The number of piperazine rings is 1. The van der Waals surface area contributed by atoms with Gasteiger partial charge in [0.25, 0.3) is 0 Å². The summed E-state index contributed by atoms with van der Waals surface area (Å²) >= 11 is 6.58. The molecule has 0 radical (unpaired) electrons. The summed E-state index contributed by atoms with van der Waals surface area (Å²) < 4.78 is 10.7. The Kier molecular flexibility index (Phi) is 5.44. The van der Waals surface area contributed by atoms with Crippen LogP contribution < -0.4 is 9.47 Å². The van der Waals surface area contributed by atoms with Crippen molar-refractivity contribution in [3.8, 4) is 11.5 Å². The van der Waals surface area contributed by atoms with Crippen LogP contribution in [-0.2, 0) is 11.3 Å². The summed E-state index contributed by atoms with van der Waals surface area (Å²) in [5, 5.41) is 0.569. The lowest BCUT2D eigenvalue weighted by Gasteiger charge is -2.51. The summed E-state index contributed by atoms with van der Waals surface area (Å²) in [6.07, 6.45) is 5.99. The molecular weight excluding hydrogens is 340 g/mol. The van der Waals surface area contributed by atoms with Crippen LogP contribution in [0.2, 0.25) is 5.02 Å². The Bertz CT molecular complexity index is 644. The van der Waals surface area contributed by atoms with Crippen LogP contribution in [0.15, 0.2) is 12.1 Å². The first-order valence-corrected chi connectivity index (χ1v) is 9.27. The van der Waals surface area contributed by atoms with Gasteiger partial charge in [0.2, 0.25) is 5.91 Å². The lowest BCUT2D eigenvalue weighted by molar-refractivity contribution is -0.144. The van der Waals surface area contributed by atoms with Gasteiger partial charge in [-0.05, 0) is 24.5 Å². The van der Waals surface area contributed by atoms with E-state index in [4.69, 9.17) is 21.1 Å². The molecule has 1 heterocycles. The van der Waals surface area contributed by atoms with Gasteiger partial charge in [-0.3, -0.25) is 9.69 Å². The molecule has 0 unspecified atom stereocenters. The number of halogens is 1. The molecule has 1 saturated heterocycles. The van der Waals surface area contributed by atoms with Crippen molar-refractivity contribution in [2.24, 2.45) is 0 Å². The molecule has 25 heavy (non-hydrogen) atoms. The van der Waals surface area contributed by atoms with E-state index in [0.717, 1.165) is 24.9 Å². The topological polar surface area (TPSA) is 42.0 Å². The van der Waals surface area contributed by atoms with Gasteiger partial charge in [0.15, 0.2) is 11.5 Å². The summed E-state index contributed by atoms with van der Waals surface area (Å²) in [6, 6.07) is 3.86. The minimum absolute atomic E-state index is 0.0669. The van der Waals surface area contributed by atoms with Gasteiger partial charge in [-0.25, -0.2) is 0 Å². The van der Waals surface area contributed by atoms with E-state index in [-0.39, 0.29) is 11.4 Å². The van der Waals surface area contributed by atoms with Crippen LogP contribution in [0.4, 0.5) is 0 Å². The van der Waals surface area contributed by atoms with E-state index in [1.165, 1.54) is 19.3 Å². The third kappa shape index (κ3) is 3.44. The Balaban J connectivity index is 1.90. The zero-order valence-corrected chi connectivity index (χ0v) is 16.1. The summed E-state index contributed by atoms with van der Waals surface area (Å²) in [7, 11) is 5.11. The van der Waals surface area contributed by atoms with Crippen LogP contribution in [-0.4, -0.2) is 55.6 Å². The summed E-state index contributed by atoms with van der Waals surface area (Å²) in [5.41, 5.74) is 1.04. The van der Waals surface area contributed by atoms with Gasteiger partial charge in [-0.15, -0.1) is 0 Å². The summed E-state index contributed by atoms with van der Waals surface area (Å²) in [6.45, 7) is 1.90. The average molecular weight is 367 g/mol. The number of carbonyl (C=O) groups is 1. The lowest BCUT2D eigenvalue weighted by atomic mass is 9.78. The van der Waals surface area contributed by atoms with Crippen molar-refractivity contribution >= 4 is 17.5 Å². The molecule has 2 fully saturated rings. The fraction of sp³-hybridized carbons (Fsp3) is 0.632. The molecule has 3 rings (SSSR count). The first-order valence-electron chi connectivity index (χ1n) is 8.89. The molecule has 1 aliphatic carbocycles. The minimum Gasteiger partial charge on any atom is -0.493 e. The summed E-state index contributed by atoms with van der Waals surface area (Å²) in [4.78, 5) is 16.6. The van der Waals surface area contributed by atoms with Gasteiger partial charge in [0.1, 0.15) is 0 Å². The zero-order valence-electron chi connectivity index (χ0n) is 15.3. The van der Waals surface area contributed by atoms with E-state index in [0.29, 0.717) is 29.6 Å². The van der Waals surface area contributed by atoms with Crippen molar-refractivity contribution in [2.75, 3.05) is 34.4 Å². The highest BCUT2D eigenvalue weighted by molar-refractivity contribution is 6.33. The monoisotopic (exact) mass is 366 g/mol. The van der Waals surface area contributed by atoms with Crippen molar-refractivity contribution in [3.05, 3.63) is 22.7 Å². The standard InChI is InChI=1S/C19H27ClN2O3/c1-21-13-19(9-5-4-6-10-19)22(12-16(21)23)11-14-7-8-15(24-2)18(25-3)17(14)20/h7-8H,4-6,9-13H2,1-3H3. The smallest absolute Gasteiger partial charge is 0.236 e.